The van der Waals surface area contributed by atoms with Crippen molar-refractivity contribution in [2.75, 3.05) is 45.1 Å². The zero-order valence-electron chi connectivity index (χ0n) is 22.7. The second-order valence-electron chi connectivity index (χ2n) is 9.57. The molecule has 2 amide bonds. The number of benzene rings is 2. The van der Waals surface area contributed by atoms with E-state index in [0.717, 1.165) is 45.5 Å². The molecule has 2 aromatic carbocycles. The monoisotopic (exact) mass is 545 g/mol. The summed E-state index contributed by atoms with van der Waals surface area (Å²) >= 11 is 0. The molecule has 0 unspecified atom stereocenters. The number of halogens is 2. The average Bonchev–Trinajstić information content (AvgIpc) is 3.41. The van der Waals surface area contributed by atoms with Gasteiger partial charge in [0.05, 0.1) is 12.1 Å². The van der Waals surface area contributed by atoms with Crippen LogP contribution in [0.4, 0.5) is 10.1 Å². The van der Waals surface area contributed by atoms with Gasteiger partial charge in [0.2, 0.25) is 5.91 Å². The number of nitrogens with one attached hydrogen (secondary N) is 2. The molecule has 9 nitrogen and oxygen atoms in total. The van der Waals surface area contributed by atoms with Gasteiger partial charge in [0.15, 0.2) is 0 Å². The molecule has 0 spiro atoms. The molecule has 1 aromatic heterocycles. The maximum absolute atomic E-state index is 13.6. The number of carbonyl (C=O) groups is 2. The minimum absolute atomic E-state index is 0. The van der Waals surface area contributed by atoms with Crippen LogP contribution in [0.15, 0.2) is 30.3 Å². The summed E-state index contributed by atoms with van der Waals surface area (Å²) < 4.78 is 15.5. The summed E-state index contributed by atoms with van der Waals surface area (Å²) in [6, 6.07) is 8.74. The van der Waals surface area contributed by atoms with E-state index in [-0.39, 0.29) is 43.1 Å². The first kappa shape index (κ1) is 29.3. The van der Waals surface area contributed by atoms with E-state index in [0.29, 0.717) is 26.2 Å². The molecule has 2 heterocycles. The van der Waals surface area contributed by atoms with Crippen LogP contribution in [0.25, 0.3) is 10.9 Å². The van der Waals surface area contributed by atoms with Crippen LogP contribution in [0, 0.1) is 19.7 Å². The molecule has 38 heavy (non-hydrogen) atoms. The Morgan fingerprint density at radius 3 is 2.58 bits per heavy atom. The SMILES string of the molecule is CCNCCN(CC(=O)N(C)N1Cc2ccc(F)cc2C1)C(=O)CNc1cc2nn(C)c(C)c2cc1C.Cl. The van der Waals surface area contributed by atoms with Crippen LogP contribution in [-0.4, -0.2) is 76.3 Å². The molecule has 0 saturated carbocycles. The summed E-state index contributed by atoms with van der Waals surface area (Å²) in [5.41, 5.74) is 5.70. The van der Waals surface area contributed by atoms with E-state index in [2.05, 4.69) is 21.8 Å². The number of rotatable bonds is 10. The molecule has 1 aliphatic heterocycles. The highest BCUT2D eigenvalue weighted by Gasteiger charge is 2.27. The van der Waals surface area contributed by atoms with Crippen molar-refractivity contribution < 1.29 is 14.0 Å². The third-order valence-electron chi connectivity index (χ3n) is 7.05. The zero-order chi connectivity index (χ0) is 26.7. The summed E-state index contributed by atoms with van der Waals surface area (Å²) in [4.78, 5) is 28.0. The minimum atomic E-state index is -0.283. The molecule has 11 heteroatoms. The predicted octanol–water partition coefficient (Wildman–Crippen LogP) is 2.99. The number of amides is 2. The van der Waals surface area contributed by atoms with E-state index in [9.17, 15) is 14.0 Å². The maximum atomic E-state index is 13.6. The van der Waals surface area contributed by atoms with Gasteiger partial charge >= 0.3 is 0 Å². The van der Waals surface area contributed by atoms with Crippen molar-refractivity contribution >= 4 is 40.8 Å². The Labute approximate surface area is 229 Å². The molecular weight excluding hydrogens is 509 g/mol. The molecule has 4 rings (SSSR count). The third kappa shape index (κ3) is 6.43. The van der Waals surface area contributed by atoms with Crippen molar-refractivity contribution in [1.29, 1.82) is 0 Å². The second kappa shape index (κ2) is 12.6. The first-order valence-corrected chi connectivity index (χ1v) is 12.6. The Kier molecular flexibility index (Phi) is 9.70. The summed E-state index contributed by atoms with van der Waals surface area (Å²) in [6.07, 6.45) is 0. The van der Waals surface area contributed by atoms with E-state index >= 15 is 0 Å². The van der Waals surface area contributed by atoms with E-state index in [1.54, 1.807) is 23.0 Å². The number of nitrogens with zero attached hydrogens (tertiary/aromatic N) is 5. The summed E-state index contributed by atoms with van der Waals surface area (Å²) in [5, 5.41) is 15.5. The van der Waals surface area contributed by atoms with Gasteiger partial charge in [0, 0.05) is 57.0 Å². The van der Waals surface area contributed by atoms with Gasteiger partial charge in [0.1, 0.15) is 12.4 Å². The van der Waals surface area contributed by atoms with Crippen LogP contribution in [0.1, 0.15) is 29.3 Å². The van der Waals surface area contributed by atoms with Gasteiger partial charge in [-0.1, -0.05) is 13.0 Å². The van der Waals surface area contributed by atoms with Crippen molar-refractivity contribution in [3.8, 4) is 0 Å². The molecule has 0 atom stereocenters. The number of anilines is 1. The highest BCUT2D eigenvalue weighted by Crippen LogP contribution is 2.26. The Hall–Kier alpha value is -3.21. The molecule has 0 aliphatic carbocycles. The second-order valence-corrected chi connectivity index (χ2v) is 9.57. The number of likely N-dealkylation sites (N-methyl/N-ethyl adjacent to an activating group) is 2. The fourth-order valence-electron chi connectivity index (χ4n) is 4.62. The molecule has 3 aromatic rings. The van der Waals surface area contributed by atoms with Crippen LogP contribution in [-0.2, 0) is 29.7 Å². The van der Waals surface area contributed by atoms with Gasteiger partial charge in [0.25, 0.3) is 5.91 Å². The molecule has 0 radical (unpaired) electrons. The number of fused-ring (bicyclic) bond motifs is 2. The lowest BCUT2D eigenvalue weighted by Gasteiger charge is -2.31. The normalized spacial score (nSPS) is 12.8. The fourth-order valence-corrected chi connectivity index (χ4v) is 4.62. The van der Waals surface area contributed by atoms with Gasteiger partial charge in [-0.3, -0.25) is 19.3 Å². The number of hydrogen-bond donors (Lipinski definition) is 2. The summed E-state index contributed by atoms with van der Waals surface area (Å²) in [7, 11) is 3.61. The van der Waals surface area contributed by atoms with Gasteiger partial charge in [-0.2, -0.15) is 5.10 Å². The van der Waals surface area contributed by atoms with Crippen molar-refractivity contribution in [1.82, 2.24) is 30.0 Å². The molecule has 1 aliphatic rings. The van der Waals surface area contributed by atoms with Gasteiger partial charge < -0.3 is 15.5 Å². The largest absolute Gasteiger partial charge is 0.376 e. The Balaban J connectivity index is 0.00000400. The Bertz CT molecular complexity index is 1310. The number of aryl methyl sites for hydroxylation is 3. The summed E-state index contributed by atoms with van der Waals surface area (Å²) in [5.74, 6) is -0.641. The lowest BCUT2D eigenvalue weighted by Crippen LogP contribution is -2.49. The fraction of sp³-hybridized carbons (Fsp3) is 0.444. The van der Waals surface area contributed by atoms with Crippen LogP contribution < -0.4 is 10.6 Å². The van der Waals surface area contributed by atoms with Crippen LogP contribution >= 0.6 is 12.4 Å². The average molecular weight is 546 g/mol. The van der Waals surface area contributed by atoms with E-state index < -0.39 is 0 Å². The molecule has 0 saturated heterocycles. The minimum Gasteiger partial charge on any atom is -0.376 e. The van der Waals surface area contributed by atoms with E-state index in [1.807, 2.05) is 43.6 Å². The van der Waals surface area contributed by atoms with Crippen molar-refractivity contribution in [2.24, 2.45) is 7.05 Å². The molecule has 2 N–H and O–H groups in total. The van der Waals surface area contributed by atoms with Gasteiger partial charge in [-0.15, -0.1) is 12.4 Å². The van der Waals surface area contributed by atoms with Crippen LogP contribution in [0.3, 0.4) is 0 Å². The van der Waals surface area contributed by atoms with Crippen molar-refractivity contribution in [3.63, 3.8) is 0 Å². The smallest absolute Gasteiger partial charge is 0.256 e. The predicted molar refractivity (Wildman–Crippen MR) is 149 cm³/mol. The molecular formula is C27H37ClFN7O2. The number of hydrazine groups is 1. The highest BCUT2D eigenvalue weighted by molar-refractivity contribution is 5.89. The van der Waals surface area contributed by atoms with Crippen molar-refractivity contribution in [3.05, 3.63) is 58.5 Å². The van der Waals surface area contributed by atoms with Crippen LogP contribution in [0.5, 0.6) is 0 Å². The lowest BCUT2D eigenvalue weighted by molar-refractivity contribution is -0.151. The molecule has 0 fully saturated rings. The van der Waals surface area contributed by atoms with E-state index in [1.165, 1.54) is 12.1 Å². The summed E-state index contributed by atoms with van der Waals surface area (Å²) in [6.45, 7) is 8.81. The molecule has 0 bridgehead atoms. The molecule has 206 valence electrons. The zero-order valence-corrected chi connectivity index (χ0v) is 23.5. The topological polar surface area (TPSA) is 85.7 Å². The first-order valence-electron chi connectivity index (χ1n) is 12.6. The third-order valence-corrected chi connectivity index (χ3v) is 7.05. The highest BCUT2D eigenvalue weighted by atomic mass is 35.5. The lowest BCUT2D eigenvalue weighted by atomic mass is 10.1. The Morgan fingerprint density at radius 1 is 1.11 bits per heavy atom. The standard InChI is InChI=1S/C27H36FN7O2.ClH/c1-6-29-9-10-34(17-27(37)33(5)35-15-20-7-8-22(28)12-21(20)16-35)26(36)14-30-24-13-25-23(11-18(24)2)19(3)32(4)31-25;/h7-8,11-13,29-30H,6,9-10,14-17H2,1-5H3;1H. The number of aromatic nitrogens is 2. The van der Waals surface area contributed by atoms with Gasteiger partial charge in [-0.05, 0) is 61.3 Å². The van der Waals surface area contributed by atoms with Crippen molar-refractivity contribution in [2.45, 2.75) is 33.9 Å². The Morgan fingerprint density at radius 2 is 1.84 bits per heavy atom. The number of hydrogen-bond acceptors (Lipinski definition) is 6. The maximum Gasteiger partial charge on any atom is 0.256 e. The van der Waals surface area contributed by atoms with Crippen LogP contribution in [0.2, 0.25) is 0 Å². The first-order chi connectivity index (χ1) is 17.7. The van der Waals surface area contributed by atoms with E-state index in [4.69, 9.17) is 0 Å². The number of carbonyl (C=O) groups excluding carboxylic acids is 2. The van der Waals surface area contributed by atoms with Gasteiger partial charge in [-0.25, -0.2) is 9.40 Å². The quantitative estimate of drug-likeness (QED) is 0.381.